The molecule has 4 heteroatoms. The van der Waals surface area contributed by atoms with Crippen LogP contribution in [0.15, 0.2) is 54.9 Å². The summed E-state index contributed by atoms with van der Waals surface area (Å²) in [7, 11) is 0. The lowest BCUT2D eigenvalue weighted by Crippen LogP contribution is -2.28. The summed E-state index contributed by atoms with van der Waals surface area (Å²) in [5, 5.41) is 5.34. The van der Waals surface area contributed by atoms with E-state index in [1.54, 1.807) is 6.20 Å². The minimum atomic E-state index is 0.0407. The molecule has 0 saturated carbocycles. The van der Waals surface area contributed by atoms with Gasteiger partial charge in [0.15, 0.2) is 0 Å². The topological polar surface area (TPSA) is 68.0 Å². The molecule has 1 aliphatic rings. The Kier molecular flexibility index (Phi) is 4.20. The first-order valence-corrected chi connectivity index (χ1v) is 8.67. The summed E-state index contributed by atoms with van der Waals surface area (Å²) >= 11 is 0. The molecule has 0 aliphatic heterocycles. The number of hydrogen-bond donors (Lipinski definition) is 2. The first kappa shape index (κ1) is 15.8. The summed E-state index contributed by atoms with van der Waals surface area (Å²) in [5.74, 6) is 0.0407. The van der Waals surface area contributed by atoms with E-state index in [0.29, 0.717) is 13.0 Å². The zero-order valence-electron chi connectivity index (χ0n) is 14.0. The molecule has 1 amide bonds. The van der Waals surface area contributed by atoms with Gasteiger partial charge < -0.3 is 11.1 Å². The standard InChI is InChI=1S/C21H21N3O/c22-11-14-5-7-19-15(9-14)6-8-20(19)24-21(25)10-17-13-23-12-16-3-1-2-4-18(16)17/h1-5,7,9,12-13,20H,6,8,10-11,22H2,(H,24,25). The highest BCUT2D eigenvalue weighted by Crippen LogP contribution is 2.31. The molecule has 0 fully saturated rings. The molecule has 0 bridgehead atoms. The number of hydrogen-bond acceptors (Lipinski definition) is 3. The Morgan fingerprint density at radius 3 is 2.96 bits per heavy atom. The summed E-state index contributed by atoms with van der Waals surface area (Å²) in [4.78, 5) is 16.8. The van der Waals surface area contributed by atoms with Crippen molar-refractivity contribution in [2.45, 2.75) is 31.8 Å². The number of benzene rings is 2. The van der Waals surface area contributed by atoms with E-state index in [9.17, 15) is 4.79 Å². The summed E-state index contributed by atoms with van der Waals surface area (Å²) < 4.78 is 0. The van der Waals surface area contributed by atoms with Gasteiger partial charge in [0.25, 0.3) is 0 Å². The SMILES string of the molecule is NCc1ccc2c(c1)CCC2NC(=O)Cc1cncc2ccccc12. The number of aryl methyl sites for hydroxylation is 1. The maximum Gasteiger partial charge on any atom is 0.224 e. The average molecular weight is 331 g/mol. The Hall–Kier alpha value is -2.72. The highest BCUT2D eigenvalue weighted by molar-refractivity contribution is 5.89. The van der Waals surface area contributed by atoms with E-state index in [1.165, 1.54) is 11.1 Å². The lowest BCUT2D eigenvalue weighted by molar-refractivity contribution is -0.121. The Morgan fingerprint density at radius 2 is 2.08 bits per heavy atom. The molecule has 0 radical (unpaired) electrons. The second-order valence-electron chi connectivity index (χ2n) is 6.59. The molecule has 126 valence electrons. The smallest absolute Gasteiger partial charge is 0.224 e. The molecule has 3 N–H and O–H groups in total. The van der Waals surface area contributed by atoms with Crippen molar-refractivity contribution >= 4 is 16.7 Å². The normalized spacial score (nSPS) is 16.0. The molecule has 1 heterocycles. The molecular formula is C21H21N3O. The van der Waals surface area contributed by atoms with Gasteiger partial charge in [-0.15, -0.1) is 0 Å². The zero-order valence-corrected chi connectivity index (χ0v) is 14.0. The van der Waals surface area contributed by atoms with E-state index in [0.717, 1.165) is 34.7 Å². The predicted octanol–water partition coefficient (Wildman–Crippen LogP) is 3.04. The van der Waals surface area contributed by atoms with Crippen LogP contribution in [0.4, 0.5) is 0 Å². The molecule has 3 aromatic rings. The van der Waals surface area contributed by atoms with Gasteiger partial charge in [-0.1, -0.05) is 42.5 Å². The van der Waals surface area contributed by atoms with Crippen LogP contribution in [0.2, 0.25) is 0 Å². The fourth-order valence-electron chi connectivity index (χ4n) is 3.69. The third-order valence-electron chi connectivity index (χ3n) is 4.96. The number of rotatable bonds is 4. The molecule has 25 heavy (non-hydrogen) atoms. The quantitative estimate of drug-likeness (QED) is 0.772. The van der Waals surface area contributed by atoms with Crippen LogP contribution >= 0.6 is 0 Å². The van der Waals surface area contributed by atoms with Crippen LogP contribution in [0, 0.1) is 0 Å². The second-order valence-corrected chi connectivity index (χ2v) is 6.59. The molecule has 0 spiro atoms. The number of carbonyl (C=O) groups excluding carboxylic acids is 1. The van der Waals surface area contributed by atoms with Gasteiger partial charge in [0.05, 0.1) is 12.5 Å². The zero-order chi connectivity index (χ0) is 17.2. The summed E-state index contributed by atoms with van der Waals surface area (Å²) in [6, 6.07) is 14.5. The van der Waals surface area contributed by atoms with E-state index in [4.69, 9.17) is 5.73 Å². The Bertz CT molecular complexity index is 930. The van der Waals surface area contributed by atoms with Crippen molar-refractivity contribution < 1.29 is 4.79 Å². The van der Waals surface area contributed by atoms with Gasteiger partial charge in [0.1, 0.15) is 0 Å². The minimum absolute atomic E-state index is 0.0407. The van der Waals surface area contributed by atoms with Crippen molar-refractivity contribution in [2.75, 3.05) is 0 Å². The van der Waals surface area contributed by atoms with Gasteiger partial charge in [-0.25, -0.2) is 0 Å². The van der Waals surface area contributed by atoms with E-state index in [1.807, 2.05) is 30.5 Å². The van der Waals surface area contributed by atoms with Gasteiger partial charge in [0, 0.05) is 24.3 Å². The number of nitrogens with one attached hydrogen (secondary N) is 1. The van der Waals surface area contributed by atoms with Crippen LogP contribution in [0.25, 0.3) is 10.8 Å². The Balaban J connectivity index is 1.50. The minimum Gasteiger partial charge on any atom is -0.349 e. The molecule has 1 aromatic heterocycles. The van der Waals surface area contributed by atoms with Crippen molar-refractivity contribution in [3.63, 3.8) is 0 Å². The summed E-state index contributed by atoms with van der Waals surface area (Å²) in [6.07, 6.45) is 5.91. The number of pyridine rings is 1. The van der Waals surface area contributed by atoms with Crippen LogP contribution in [0.1, 0.15) is 34.7 Å². The monoisotopic (exact) mass is 331 g/mol. The highest BCUT2D eigenvalue weighted by atomic mass is 16.1. The number of fused-ring (bicyclic) bond motifs is 2. The van der Waals surface area contributed by atoms with Crippen LogP contribution in [0.5, 0.6) is 0 Å². The number of amides is 1. The second kappa shape index (κ2) is 6.65. The largest absolute Gasteiger partial charge is 0.349 e. The van der Waals surface area contributed by atoms with Crippen molar-refractivity contribution in [1.29, 1.82) is 0 Å². The number of aromatic nitrogens is 1. The molecule has 0 saturated heterocycles. The average Bonchev–Trinajstić information content (AvgIpc) is 3.04. The molecule has 1 unspecified atom stereocenters. The Labute approximate surface area is 147 Å². The summed E-state index contributed by atoms with van der Waals surface area (Å²) in [6.45, 7) is 0.554. The maximum atomic E-state index is 12.6. The van der Waals surface area contributed by atoms with Crippen LogP contribution < -0.4 is 11.1 Å². The van der Waals surface area contributed by atoms with Crippen molar-refractivity contribution in [2.24, 2.45) is 5.73 Å². The van der Waals surface area contributed by atoms with E-state index in [-0.39, 0.29) is 11.9 Å². The molecule has 1 atom stereocenters. The molecule has 1 aliphatic carbocycles. The third-order valence-corrected chi connectivity index (χ3v) is 4.96. The van der Waals surface area contributed by atoms with Crippen molar-refractivity contribution in [3.05, 3.63) is 77.1 Å². The van der Waals surface area contributed by atoms with E-state index >= 15 is 0 Å². The first-order valence-electron chi connectivity index (χ1n) is 8.67. The van der Waals surface area contributed by atoms with Gasteiger partial charge in [-0.3, -0.25) is 9.78 Å². The molecule has 4 nitrogen and oxygen atoms in total. The lowest BCUT2D eigenvalue weighted by atomic mass is 10.0. The molecule has 4 rings (SSSR count). The highest BCUT2D eigenvalue weighted by Gasteiger charge is 2.24. The van der Waals surface area contributed by atoms with Gasteiger partial charge in [-0.05, 0) is 40.5 Å². The summed E-state index contributed by atoms with van der Waals surface area (Å²) in [5.41, 5.74) is 10.4. The molecular weight excluding hydrogens is 310 g/mol. The fourth-order valence-corrected chi connectivity index (χ4v) is 3.69. The van der Waals surface area contributed by atoms with Crippen LogP contribution in [0.3, 0.4) is 0 Å². The first-order chi connectivity index (χ1) is 12.2. The Morgan fingerprint density at radius 1 is 1.20 bits per heavy atom. The lowest BCUT2D eigenvalue weighted by Gasteiger charge is -2.15. The number of nitrogens with two attached hydrogens (primary N) is 1. The molecule has 2 aromatic carbocycles. The predicted molar refractivity (Wildman–Crippen MR) is 99.0 cm³/mol. The third kappa shape index (κ3) is 3.13. The van der Waals surface area contributed by atoms with Gasteiger partial charge in [0.2, 0.25) is 5.91 Å². The van der Waals surface area contributed by atoms with E-state index < -0.39 is 0 Å². The van der Waals surface area contributed by atoms with Crippen molar-refractivity contribution in [1.82, 2.24) is 10.3 Å². The number of carbonyl (C=O) groups is 1. The van der Waals surface area contributed by atoms with Crippen molar-refractivity contribution in [3.8, 4) is 0 Å². The van der Waals surface area contributed by atoms with Crippen LogP contribution in [-0.4, -0.2) is 10.9 Å². The van der Waals surface area contributed by atoms with Gasteiger partial charge >= 0.3 is 0 Å². The fraction of sp³-hybridized carbons (Fsp3) is 0.238. The van der Waals surface area contributed by atoms with E-state index in [2.05, 4.69) is 28.5 Å². The number of nitrogens with zero attached hydrogens (tertiary/aromatic N) is 1. The van der Waals surface area contributed by atoms with Crippen LogP contribution in [-0.2, 0) is 24.2 Å². The van der Waals surface area contributed by atoms with Gasteiger partial charge in [-0.2, -0.15) is 0 Å². The maximum absolute atomic E-state index is 12.6.